The van der Waals surface area contributed by atoms with Crippen LogP contribution in [0.15, 0.2) is 28.0 Å². The largest absolute Gasteiger partial charge is 1.00 e. The minimum atomic E-state index is -4.84. The normalized spacial score (nSPS) is 11.9. The van der Waals surface area contributed by atoms with Gasteiger partial charge in [0.15, 0.2) is 0 Å². The monoisotopic (exact) mass is 262 g/mol. The summed E-state index contributed by atoms with van der Waals surface area (Å²) in [5.74, 6) is -0.560. The van der Waals surface area contributed by atoms with Crippen LogP contribution in [0.25, 0.3) is 0 Å². The Balaban J connectivity index is 0. The smallest absolute Gasteiger partial charge is 1.00 e. The first-order valence-corrected chi connectivity index (χ1v) is 6.28. The molecular weight excluding hydrogens is 255 g/mol. The van der Waals surface area contributed by atoms with Gasteiger partial charge in [-0.2, -0.15) is 16.8 Å². The molecule has 1 aromatic carbocycles. The van der Waals surface area contributed by atoms with Crippen LogP contribution in [0.2, 0.25) is 0 Å². The van der Waals surface area contributed by atoms with Gasteiger partial charge in [-0.1, -0.05) is 0 Å². The van der Waals surface area contributed by atoms with E-state index in [-0.39, 0.29) is 20.3 Å². The van der Waals surface area contributed by atoms with Gasteiger partial charge in [0.05, 0.1) is 0 Å². The molecule has 0 aliphatic heterocycles. The molecule has 0 saturated carbocycles. The van der Waals surface area contributed by atoms with E-state index in [1.165, 1.54) is 0 Å². The first-order chi connectivity index (χ1) is 6.62. The molecule has 10 heteroatoms. The molecule has 0 heterocycles. The van der Waals surface area contributed by atoms with Crippen LogP contribution in [0.5, 0.6) is 5.75 Å². The first kappa shape index (κ1) is 15.4. The van der Waals surface area contributed by atoms with Crippen molar-refractivity contribution in [3.8, 4) is 5.75 Å². The van der Waals surface area contributed by atoms with Crippen LogP contribution >= 0.6 is 0 Å². The maximum atomic E-state index is 10.7. The molecule has 0 atom stereocenters. The van der Waals surface area contributed by atoms with Crippen molar-refractivity contribution in [3.63, 3.8) is 0 Å². The van der Waals surface area contributed by atoms with E-state index in [1.54, 1.807) is 0 Å². The van der Waals surface area contributed by atoms with Crippen LogP contribution in [-0.4, -0.2) is 31.0 Å². The van der Waals surface area contributed by atoms with E-state index in [2.05, 4.69) is 0 Å². The van der Waals surface area contributed by atoms with E-state index in [1.807, 2.05) is 0 Å². The quantitative estimate of drug-likeness (QED) is 0.382. The number of phenolic OH excluding ortho intramolecular Hbond substituents is 1. The van der Waals surface area contributed by atoms with Crippen LogP contribution in [-0.2, 0) is 20.2 Å². The topological polar surface area (TPSA) is 129 Å². The minimum absolute atomic E-state index is 0. The van der Waals surface area contributed by atoms with E-state index in [9.17, 15) is 16.8 Å². The van der Waals surface area contributed by atoms with Gasteiger partial charge >= 0.3 is 18.9 Å². The van der Waals surface area contributed by atoms with Crippen LogP contribution in [0.1, 0.15) is 1.43 Å². The van der Waals surface area contributed by atoms with Gasteiger partial charge in [0, 0.05) is 6.07 Å². The summed E-state index contributed by atoms with van der Waals surface area (Å²) in [6, 6.07) is 2.03. The average Bonchev–Trinajstić information content (AvgIpc) is 2.00. The summed E-state index contributed by atoms with van der Waals surface area (Å²) in [5, 5.41) is 8.91. The second-order valence-corrected chi connectivity index (χ2v) is 5.36. The number of aromatic hydroxyl groups is 1. The number of benzene rings is 1. The van der Waals surface area contributed by atoms with Gasteiger partial charge in [0.2, 0.25) is 0 Å². The molecule has 0 aliphatic rings. The van der Waals surface area contributed by atoms with Crippen molar-refractivity contribution < 1.29 is 51.3 Å². The van der Waals surface area contributed by atoms with Gasteiger partial charge < -0.3 is 6.53 Å². The summed E-state index contributed by atoms with van der Waals surface area (Å²) < 4.78 is 60.1. The molecular formula is C6H7LiO7S2. The molecule has 0 aromatic heterocycles. The summed E-state index contributed by atoms with van der Waals surface area (Å²) in [6.07, 6.45) is 0. The minimum Gasteiger partial charge on any atom is -1.00 e. The summed E-state index contributed by atoms with van der Waals surface area (Å²) in [6.45, 7) is 0. The molecule has 1 rings (SSSR count). The van der Waals surface area contributed by atoms with Crippen molar-refractivity contribution in [1.29, 1.82) is 0 Å². The molecule has 0 amide bonds. The van der Waals surface area contributed by atoms with Crippen molar-refractivity contribution in [3.05, 3.63) is 18.2 Å². The Bertz CT molecular complexity index is 595. The van der Waals surface area contributed by atoms with E-state index in [0.717, 1.165) is 6.07 Å². The number of rotatable bonds is 2. The van der Waals surface area contributed by atoms with Gasteiger partial charge in [-0.05, 0) is 12.1 Å². The predicted molar refractivity (Wildman–Crippen MR) is 48.8 cm³/mol. The predicted octanol–water partition coefficient (Wildman–Crippen LogP) is -3.00. The molecule has 0 bridgehead atoms. The Hall–Kier alpha value is -0.563. The van der Waals surface area contributed by atoms with E-state index in [0.29, 0.717) is 12.1 Å². The maximum absolute atomic E-state index is 10.7. The third kappa shape index (κ3) is 3.48. The molecule has 1 aromatic rings. The van der Waals surface area contributed by atoms with Crippen molar-refractivity contribution >= 4 is 20.2 Å². The van der Waals surface area contributed by atoms with Crippen LogP contribution in [0.3, 0.4) is 0 Å². The van der Waals surface area contributed by atoms with Crippen LogP contribution < -0.4 is 18.9 Å². The SMILES string of the molecule is O=S(=O)(O)c1ccc(O)cc1S(=O)(=O)O.[H-].[Li+]. The number of hydrogen-bond donors (Lipinski definition) is 3. The molecule has 0 spiro atoms. The van der Waals surface area contributed by atoms with Crippen LogP contribution in [0, 0.1) is 0 Å². The standard InChI is InChI=1S/C6H6O7S2.Li.H/c7-4-1-2-5(14(8,9)10)6(3-4)15(11,12)13;;/h1-3,7H,(H,8,9,10)(H,11,12,13);;/q;+1;-1. The zero-order valence-electron chi connectivity index (χ0n) is 9.02. The average molecular weight is 262 g/mol. The molecule has 0 unspecified atom stereocenters. The zero-order valence-corrected chi connectivity index (χ0v) is 9.66. The van der Waals surface area contributed by atoms with E-state index >= 15 is 0 Å². The van der Waals surface area contributed by atoms with Gasteiger partial charge in [-0.15, -0.1) is 0 Å². The first-order valence-electron chi connectivity index (χ1n) is 3.40. The summed E-state index contributed by atoms with van der Waals surface area (Å²) in [4.78, 5) is -2.08. The fourth-order valence-corrected chi connectivity index (χ4v) is 2.69. The maximum Gasteiger partial charge on any atom is 1.00 e. The molecule has 3 N–H and O–H groups in total. The van der Waals surface area contributed by atoms with Crippen molar-refractivity contribution in [2.75, 3.05) is 0 Å². The van der Waals surface area contributed by atoms with Crippen molar-refractivity contribution in [2.45, 2.75) is 9.79 Å². The summed E-state index contributed by atoms with van der Waals surface area (Å²) in [7, 11) is -9.62. The molecule has 0 saturated heterocycles. The fraction of sp³-hybridized carbons (Fsp3) is 0. The third-order valence-corrected chi connectivity index (χ3v) is 3.42. The zero-order chi connectivity index (χ0) is 11.9. The Kier molecular flexibility index (Phi) is 4.58. The third-order valence-electron chi connectivity index (χ3n) is 1.48. The summed E-state index contributed by atoms with van der Waals surface area (Å²) >= 11 is 0. The Labute approximate surface area is 105 Å². The second kappa shape index (κ2) is 4.75. The summed E-state index contributed by atoms with van der Waals surface area (Å²) in [5.41, 5.74) is 0. The fourth-order valence-electron chi connectivity index (χ4n) is 0.911. The van der Waals surface area contributed by atoms with Crippen molar-refractivity contribution in [1.82, 2.24) is 0 Å². The van der Waals surface area contributed by atoms with Crippen LogP contribution in [0.4, 0.5) is 0 Å². The van der Waals surface area contributed by atoms with Gasteiger partial charge in [-0.25, -0.2) is 0 Å². The van der Waals surface area contributed by atoms with Crippen molar-refractivity contribution in [2.24, 2.45) is 0 Å². The van der Waals surface area contributed by atoms with Gasteiger partial charge in [0.25, 0.3) is 20.2 Å². The molecule has 0 radical (unpaired) electrons. The van der Waals surface area contributed by atoms with E-state index in [4.69, 9.17) is 14.2 Å². The number of hydrogen-bond acceptors (Lipinski definition) is 5. The second-order valence-electron chi connectivity index (χ2n) is 2.58. The Morgan fingerprint density at radius 2 is 1.38 bits per heavy atom. The number of phenols is 1. The Morgan fingerprint density at radius 1 is 0.938 bits per heavy atom. The molecule has 86 valence electrons. The van der Waals surface area contributed by atoms with Gasteiger partial charge in [0.1, 0.15) is 15.5 Å². The van der Waals surface area contributed by atoms with Gasteiger partial charge in [-0.3, -0.25) is 9.11 Å². The Morgan fingerprint density at radius 3 is 1.75 bits per heavy atom. The van der Waals surface area contributed by atoms with E-state index < -0.39 is 35.8 Å². The molecule has 0 fully saturated rings. The molecule has 7 nitrogen and oxygen atoms in total. The molecule has 0 aliphatic carbocycles. The molecule has 16 heavy (non-hydrogen) atoms.